The van der Waals surface area contributed by atoms with Gasteiger partial charge in [-0.3, -0.25) is 14.4 Å². The highest BCUT2D eigenvalue weighted by molar-refractivity contribution is 7.12. The van der Waals surface area contributed by atoms with Gasteiger partial charge in [0.1, 0.15) is 12.9 Å². The molecule has 9 nitrogen and oxygen atoms in total. The number of primary amides is 1. The number of amides is 3. The van der Waals surface area contributed by atoms with Crippen LogP contribution in [0, 0.1) is 0 Å². The molecule has 26 heavy (non-hydrogen) atoms. The molecule has 2 aromatic heterocycles. The van der Waals surface area contributed by atoms with Crippen molar-refractivity contribution in [1.29, 1.82) is 0 Å². The van der Waals surface area contributed by atoms with Crippen molar-refractivity contribution in [3.05, 3.63) is 58.8 Å². The van der Waals surface area contributed by atoms with Crippen molar-refractivity contribution in [2.75, 3.05) is 10.6 Å². The van der Waals surface area contributed by atoms with Gasteiger partial charge < -0.3 is 16.4 Å². The maximum absolute atomic E-state index is 12.2. The summed E-state index contributed by atoms with van der Waals surface area (Å²) in [4.78, 5) is 39.6. The first-order valence-corrected chi connectivity index (χ1v) is 8.34. The number of anilines is 2. The van der Waals surface area contributed by atoms with Crippen LogP contribution in [0.4, 0.5) is 11.4 Å². The third-order valence-corrected chi connectivity index (χ3v) is 4.13. The number of hydrogen-bond donors (Lipinski definition) is 3. The van der Waals surface area contributed by atoms with E-state index < -0.39 is 11.8 Å². The van der Waals surface area contributed by atoms with Crippen LogP contribution < -0.4 is 16.4 Å². The molecular formula is C16H14N6O3S. The lowest BCUT2D eigenvalue weighted by Crippen LogP contribution is -2.21. The maximum Gasteiger partial charge on any atom is 0.288 e. The van der Waals surface area contributed by atoms with Crippen molar-refractivity contribution in [2.24, 2.45) is 5.73 Å². The number of carbonyl (C=O) groups is 3. The molecule has 10 heteroatoms. The van der Waals surface area contributed by atoms with E-state index in [-0.39, 0.29) is 18.3 Å². The number of thiophene rings is 1. The largest absolute Gasteiger partial charge is 0.363 e. The Morgan fingerprint density at radius 1 is 1.08 bits per heavy atom. The normalized spacial score (nSPS) is 10.3. The number of nitrogens with one attached hydrogen (secondary N) is 2. The SMILES string of the molecule is NC(=O)c1ncn(CC(=O)Nc2ccccc2NC(=O)c2cccs2)n1. The highest BCUT2D eigenvalue weighted by Gasteiger charge is 2.13. The van der Waals surface area contributed by atoms with Crippen molar-refractivity contribution < 1.29 is 14.4 Å². The first kappa shape index (κ1) is 17.3. The number of benzene rings is 1. The van der Waals surface area contributed by atoms with E-state index in [1.54, 1.807) is 41.8 Å². The number of aromatic nitrogens is 3. The van der Waals surface area contributed by atoms with E-state index in [2.05, 4.69) is 20.7 Å². The fourth-order valence-corrected chi connectivity index (χ4v) is 2.73. The van der Waals surface area contributed by atoms with E-state index >= 15 is 0 Å². The Morgan fingerprint density at radius 2 is 1.81 bits per heavy atom. The van der Waals surface area contributed by atoms with Gasteiger partial charge in [0.25, 0.3) is 11.8 Å². The Hall–Kier alpha value is -3.53. The molecule has 4 N–H and O–H groups in total. The van der Waals surface area contributed by atoms with Gasteiger partial charge in [-0.1, -0.05) is 18.2 Å². The van der Waals surface area contributed by atoms with Gasteiger partial charge >= 0.3 is 0 Å². The minimum atomic E-state index is -0.772. The monoisotopic (exact) mass is 370 g/mol. The lowest BCUT2D eigenvalue weighted by atomic mass is 10.2. The van der Waals surface area contributed by atoms with Crippen molar-refractivity contribution in [3.63, 3.8) is 0 Å². The molecule has 2 heterocycles. The molecule has 132 valence electrons. The molecule has 3 rings (SSSR count). The van der Waals surface area contributed by atoms with Crippen LogP contribution in [-0.2, 0) is 11.3 Å². The van der Waals surface area contributed by atoms with Crippen LogP contribution in [0.25, 0.3) is 0 Å². The summed E-state index contributed by atoms with van der Waals surface area (Å²) in [5.74, 6) is -1.60. The zero-order valence-electron chi connectivity index (χ0n) is 13.4. The van der Waals surface area contributed by atoms with Crippen LogP contribution in [0.15, 0.2) is 48.1 Å². The second kappa shape index (κ2) is 7.57. The van der Waals surface area contributed by atoms with Gasteiger partial charge in [0.05, 0.1) is 16.3 Å². The zero-order chi connectivity index (χ0) is 18.5. The molecule has 0 aliphatic carbocycles. The lowest BCUT2D eigenvalue weighted by molar-refractivity contribution is -0.116. The summed E-state index contributed by atoms with van der Waals surface area (Å²) in [6.07, 6.45) is 1.24. The fourth-order valence-electron chi connectivity index (χ4n) is 2.11. The highest BCUT2D eigenvalue weighted by atomic mass is 32.1. The van der Waals surface area contributed by atoms with Crippen LogP contribution in [0.1, 0.15) is 20.3 Å². The summed E-state index contributed by atoms with van der Waals surface area (Å²) in [6, 6.07) is 10.3. The Bertz CT molecular complexity index is 951. The molecule has 3 aromatic rings. The minimum Gasteiger partial charge on any atom is -0.363 e. The van der Waals surface area contributed by atoms with E-state index in [9.17, 15) is 14.4 Å². The number of hydrogen-bond acceptors (Lipinski definition) is 6. The topological polar surface area (TPSA) is 132 Å². The highest BCUT2D eigenvalue weighted by Crippen LogP contribution is 2.22. The second-order valence-electron chi connectivity index (χ2n) is 5.16. The molecule has 0 atom stereocenters. The Labute approximate surface area is 151 Å². The summed E-state index contributed by atoms with van der Waals surface area (Å²) in [5.41, 5.74) is 5.98. The molecule has 0 unspecified atom stereocenters. The van der Waals surface area contributed by atoms with Crippen molar-refractivity contribution in [3.8, 4) is 0 Å². The van der Waals surface area contributed by atoms with Crippen LogP contribution in [0.2, 0.25) is 0 Å². The maximum atomic E-state index is 12.2. The summed E-state index contributed by atoms with van der Waals surface area (Å²) in [6.45, 7) is -0.159. The molecule has 0 fully saturated rings. The van der Waals surface area contributed by atoms with Crippen LogP contribution in [0.5, 0.6) is 0 Å². The molecule has 0 bridgehead atoms. The van der Waals surface area contributed by atoms with Crippen LogP contribution in [-0.4, -0.2) is 32.5 Å². The molecule has 0 saturated carbocycles. The Morgan fingerprint density at radius 3 is 2.42 bits per heavy atom. The average Bonchev–Trinajstić information content (AvgIpc) is 3.28. The summed E-state index contributed by atoms with van der Waals surface area (Å²) in [7, 11) is 0. The van der Waals surface area contributed by atoms with Crippen molar-refractivity contribution >= 4 is 40.4 Å². The number of nitrogens with zero attached hydrogens (tertiary/aromatic N) is 3. The molecule has 0 spiro atoms. The van der Waals surface area contributed by atoms with Gasteiger partial charge in [0.15, 0.2) is 0 Å². The minimum absolute atomic E-state index is 0.159. The number of rotatable bonds is 6. The van der Waals surface area contributed by atoms with E-state index in [4.69, 9.17) is 5.73 Å². The third kappa shape index (κ3) is 4.11. The fraction of sp³-hybridized carbons (Fsp3) is 0.0625. The lowest BCUT2D eigenvalue weighted by Gasteiger charge is -2.11. The molecular weight excluding hydrogens is 356 g/mol. The molecule has 0 aliphatic rings. The van der Waals surface area contributed by atoms with E-state index in [0.717, 1.165) is 0 Å². The molecule has 0 radical (unpaired) electrons. The number of nitrogens with two attached hydrogens (primary N) is 1. The van der Waals surface area contributed by atoms with E-state index in [1.807, 2.05) is 0 Å². The van der Waals surface area contributed by atoms with Crippen LogP contribution >= 0.6 is 11.3 Å². The van der Waals surface area contributed by atoms with Crippen molar-refractivity contribution in [2.45, 2.75) is 6.54 Å². The first-order valence-electron chi connectivity index (χ1n) is 7.46. The average molecular weight is 370 g/mol. The standard InChI is InChI=1S/C16H14N6O3S/c17-14(24)15-18-9-22(21-15)8-13(23)19-10-4-1-2-5-11(10)20-16(25)12-6-3-7-26-12/h1-7,9H,8H2,(H2,17,24)(H,19,23)(H,20,25). The summed E-state index contributed by atoms with van der Waals surface area (Å²) >= 11 is 1.32. The van der Waals surface area contributed by atoms with Gasteiger partial charge in [0, 0.05) is 0 Å². The predicted octanol–water partition coefficient (Wildman–Crippen LogP) is 1.33. The van der Waals surface area contributed by atoms with Gasteiger partial charge in [-0.05, 0) is 23.6 Å². The van der Waals surface area contributed by atoms with Gasteiger partial charge in [0.2, 0.25) is 11.7 Å². The Balaban J connectivity index is 1.68. The van der Waals surface area contributed by atoms with Gasteiger partial charge in [-0.25, -0.2) is 9.67 Å². The molecule has 1 aromatic carbocycles. The zero-order valence-corrected chi connectivity index (χ0v) is 14.2. The van der Waals surface area contributed by atoms with E-state index in [0.29, 0.717) is 16.3 Å². The molecule has 0 saturated heterocycles. The second-order valence-corrected chi connectivity index (χ2v) is 6.10. The van der Waals surface area contributed by atoms with E-state index in [1.165, 1.54) is 22.3 Å². The summed E-state index contributed by atoms with van der Waals surface area (Å²) in [5, 5.41) is 11.1. The molecule has 3 amide bonds. The molecule has 0 aliphatic heterocycles. The first-order chi connectivity index (χ1) is 12.5. The quantitative estimate of drug-likeness (QED) is 0.602. The number of para-hydroxylation sites is 2. The van der Waals surface area contributed by atoms with Gasteiger partial charge in [-0.2, -0.15) is 0 Å². The number of carbonyl (C=O) groups excluding carboxylic acids is 3. The predicted molar refractivity (Wildman–Crippen MR) is 95.9 cm³/mol. The smallest absolute Gasteiger partial charge is 0.288 e. The summed E-state index contributed by atoms with van der Waals surface area (Å²) < 4.78 is 1.20. The van der Waals surface area contributed by atoms with Gasteiger partial charge in [-0.15, -0.1) is 16.4 Å². The van der Waals surface area contributed by atoms with Crippen LogP contribution in [0.3, 0.4) is 0 Å². The van der Waals surface area contributed by atoms with Crippen molar-refractivity contribution in [1.82, 2.24) is 14.8 Å². The third-order valence-electron chi connectivity index (χ3n) is 3.26. The Kier molecular flexibility index (Phi) is 5.04.